The lowest BCUT2D eigenvalue weighted by atomic mass is 9.74. The van der Waals surface area contributed by atoms with Crippen molar-refractivity contribution in [2.75, 3.05) is 0 Å². The molecular formula is C73H139NO5. The maximum absolute atomic E-state index is 11.1. The average Bonchev–Trinajstić information content (AvgIpc) is 3.37. The molecule has 0 heterocycles. The first kappa shape index (κ1) is 82.8. The highest BCUT2D eigenvalue weighted by Crippen LogP contribution is 2.35. The van der Waals surface area contributed by atoms with Crippen LogP contribution in [0.4, 0.5) is 0 Å². The molecule has 6 nitrogen and oxygen atoms in total. The van der Waals surface area contributed by atoms with E-state index in [0.717, 1.165) is 61.7 Å². The monoisotopic (exact) mass is 1110 g/mol. The van der Waals surface area contributed by atoms with Gasteiger partial charge < -0.3 is 20.6 Å². The number of nitrogens with one attached hydrogen (secondary N) is 1. The maximum atomic E-state index is 11.1. The number of aliphatic carboxylic acids is 1. The van der Waals surface area contributed by atoms with Crippen LogP contribution in [0.25, 0.3) is 0 Å². The summed E-state index contributed by atoms with van der Waals surface area (Å²) in [6.45, 7) is 51.8. The molecule has 0 aliphatic heterocycles. The van der Waals surface area contributed by atoms with Crippen molar-refractivity contribution in [3.63, 3.8) is 0 Å². The van der Waals surface area contributed by atoms with Crippen molar-refractivity contribution in [3.8, 4) is 0 Å². The van der Waals surface area contributed by atoms with E-state index in [9.17, 15) is 14.7 Å². The number of hydrogen-bond donors (Lipinski definition) is 4. The predicted molar refractivity (Wildman–Crippen MR) is 351 cm³/mol. The Bertz CT molecular complexity index is 1610. The van der Waals surface area contributed by atoms with E-state index in [0.29, 0.717) is 41.4 Å². The lowest BCUT2D eigenvalue weighted by Crippen LogP contribution is -2.52. The molecule has 1 amide bonds. The first-order valence-corrected chi connectivity index (χ1v) is 32.6. The molecule has 3 aliphatic carbocycles. The van der Waals surface area contributed by atoms with E-state index in [1.54, 1.807) is 13.8 Å². The second-order valence-corrected chi connectivity index (χ2v) is 28.0. The first-order valence-electron chi connectivity index (χ1n) is 32.6. The highest BCUT2D eigenvalue weighted by atomic mass is 16.4. The van der Waals surface area contributed by atoms with E-state index < -0.39 is 5.97 Å². The summed E-state index contributed by atoms with van der Waals surface area (Å²) in [5.74, 6) is 6.49. The minimum atomic E-state index is -0.696. The number of carboxylic acid groups (broad SMARTS) is 1. The van der Waals surface area contributed by atoms with Crippen LogP contribution in [-0.2, 0) is 16.0 Å². The van der Waals surface area contributed by atoms with Crippen LogP contribution >= 0.6 is 0 Å². The van der Waals surface area contributed by atoms with Crippen LogP contribution in [0.2, 0.25) is 0 Å². The van der Waals surface area contributed by atoms with Crippen LogP contribution in [0, 0.1) is 58.7 Å². The van der Waals surface area contributed by atoms with Crippen LogP contribution in [0.3, 0.4) is 0 Å². The molecule has 466 valence electrons. The molecule has 3 aliphatic rings. The van der Waals surface area contributed by atoms with Crippen LogP contribution < -0.4 is 5.32 Å². The molecule has 0 aromatic heterocycles. The van der Waals surface area contributed by atoms with Crippen LogP contribution in [-0.4, -0.2) is 44.4 Å². The van der Waals surface area contributed by atoms with E-state index in [1.165, 1.54) is 107 Å². The molecule has 0 bridgehead atoms. The maximum Gasteiger partial charge on any atom is 0.303 e. The minimum absolute atomic E-state index is 0.101. The van der Waals surface area contributed by atoms with Crippen LogP contribution in [0.5, 0.6) is 0 Å². The Morgan fingerprint density at radius 1 is 0.582 bits per heavy atom. The van der Waals surface area contributed by atoms with Crippen molar-refractivity contribution in [1.82, 2.24) is 5.32 Å². The van der Waals surface area contributed by atoms with Crippen molar-refractivity contribution in [1.29, 1.82) is 0 Å². The number of benzene rings is 2. The number of carboxylic acids is 1. The Morgan fingerprint density at radius 3 is 1.22 bits per heavy atom. The number of amides is 1. The normalized spacial score (nSPS) is 16.0. The Morgan fingerprint density at radius 2 is 0.975 bits per heavy atom. The summed E-state index contributed by atoms with van der Waals surface area (Å²) < 4.78 is 0. The molecule has 6 heteroatoms. The van der Waals surface area contributed by atoms with Gasteiger partial charge in [0.2, 0.25) is 5.91 Å². The van der Waals surface area contributed by atoms with Crippen molar-refractivity contribution in [2.24, 2.45) is 58.7 Å². The summed E-state index contributed by atoms with van der Waals surface area (Å²) in [5, 5.41) is 29.9. The third-order valence-corrected chi connectivity index (χ3v) is 16.5. The van der Waals surface area contributed by atoms with Gasteiger partial charge in [-0.2, -0.15) is 0 Å². The van der Waals surface area contributed by atoms with Gasteiger partial charge in [-0.3, -0.25) is 9.59 Å². The van der Waals surface area contributed by atoms with Gasteiger partial charge in [0.25, 0.3) is 0 Å². The summed E-state index contributed by atoms with van der Waals surface area (Å²) in [5.41, 5.74) is 3.15. The Balaban J connectivity index is -0.000000405. The van der Waals surface area contributed by atoms with E-state index in [-0.39, 0.29) is 23.2 Å². The Kier molecular flexibility index (Phi) is 51.1. The van der Waals surface area contributed by atoms with E-state index in [4.69, 9.17) is 10.2 Å². The number of aliphatic hydroxyl groups excluding tert-OH is 1. The van der Waals surface area contributed by atoms with Gasteiger partial charge in [-0.15, -0.1) is 0 Å². The molecule has 5 rings (SSSR count). The van der Waals surface area contributed by atoms with E-state index >= 15 is 0 Å². The van der Waals surface area contributed by atoms with Gasteiger partial charge in [-0.05, 0) is 128 Å². The summed E-state index contributed by atoms with van der Waals surface area (Å²) in [6.07, 6.45) is 25.6. The number of rotatable bonds is 14. The second kappa shape index (κ2) is 48.8. The summed E-state index contributed by atoms with van der Waals surface area (Å²) in [7, 11) is 0. The fourth-order valence-corrected chi connectivity index (χ4v) is 8.85. The smallest absolute Gasteiger partial charge is 0.303 e. The predicted octanol–water partition coefficient (Wildman–Crippen LogP) is 21.8. The number of hydrogen-bond acceptors (Lipinski definition) is 4. The Hall–Kier alpha value is -2.70. The van der Waals surface area contributed by atoms with Gasteiger partial charge in [0, 0.05) is 18.9 Å². The third-order valence-electron chi connectivity index (χ3n) is 16.5. The molecule has 3 fully saturated rings. The van der Waals surface area contributed by atoms with Gasteiger partial charge >= 0.3 is 5.97 Å². The zero-order chi connectivity index (χ0) is 61.8. The number of carbonyl (C=O) groups excluding carboxylic acids is 1. The SMILES string of the molecule is CC(=O)NC1(C(C)C)CCCCC1.CC(C)C(C)(C)C.CC(C)C(C)O.CC(C)C1(O)CCCCC1.CC(C)C1CCCCC1.CC(C)CCC(=O)O.CC(C)CCc1ccccc1.CC(C)c1ccccc1.CCCC(C)C. The molecule has 79 heavy (non-hydrogen) atoms. The average molecular weight is 1110 g/mol. The van der Waals surface area contributed by atoms with Crippen LogP contribution in [0.1, 0.15) is 312 Å². The molecule has 1 unspecified atom stereocenters. The summed E-state index contributed by atoms with van der Waals surface area (Å²) >= 11 is 0. The molecule has 3 saturated carbocycles. The fraction of sp³-hybridized carbons (Fsp3) is 0.808. The minimum Gasteiger partial charge on any atom is -0.481 e. The molecule has 1 atom stereocenters. The molecule has 4 N–H and O–H groups in total. The van der Waals surface area contributed by atoms with Gasteiger partial charge in [-0.1, -0.05) is 296 Å². The van der Waals surface area contributed by atoms with Crippen molar-refractivity contribution in [3.05, 3.63) is 71.8 Å². The Labute approximate surface area is 494 Å². The van der Waals surface area contributed by atoms with Gasteiger partial charge in [-0.25, -0.2) is 0 Å². The molecule has 0 spiro atoms. The molecule has 2 aromatic rings. The first-order chi connectivity index (χ1) is 36.6. The second-order valence-electron chi connectivity index (χ2n) is 28.0. The number of carbonyl (C=O) groups is 2. The standard InChI is InChI=1S/C11H21NO.C11H16.C9H18O.C9H18.C9H12.C7H16.C6H12O2.C6H14.C5H12O/c1-9(2)11(12-10(3)13)7-5-4-6-8-11;1-10(2)8-9-11-6-4-3-5-7-11;1-8(2)9(10)6-4-3-5-7-9;2*1-8(2)9-6-4-3-5-7-9;1-6(2)7(3,4)5;1-5(2)3-4-6(7)8;1-4-5-6(2)3;1-4(2)5(3)6/h9H,4-8H2,1-3H3,(H,12,13);3-7,10H,8-9H2,1-2H3;8,10H,3-7H2,1-2H3;8-9H,3-7H2,1-2H3;3-8H,1-2H3;6H,1-5H3;5H,3-4H2,1-2H3,(H,7,8);6H,4-5H2,1-3H3;4-6H,1-3H3. The number of aliphatic hydroxyl groups is 2. The van der Waals surface area contributed by atoms with E-state index in [1.807, 2.05) is 33.8 Å². The highest BCUT2D eigenvalue weighted by Gasteiger charge is 2.35. The molecule has 2 aromatic carbocycles. The molecular weight excluding hydrogens is 971 g/mol. The zero-order valence-corrected chi connectivity index (χ0v) is 57.1. The van der Waals surface area contributed by atoms with Crippen molar-refractivity contribution < 1.29 is 24.9 Å². The van der Waals surface area contributed by atoms with E-state index in [2.05, 4.69) is 185 Å². The zero-order valence-electron chi connectivity index (χ0n) is 57.1. The molecule has 0 saturated heterocycles. The van der Waals surface area contributed by atoms with Gasteiger partial charge in [0.15, 0.2) is 0 Å². The van der Waals surface area contributed by atoms with Gasteiger partial charge in [0.05, 0.1) is 11.7 Å². The van der Waals surface area contributed by atoms with Crippen LogP contribution in [0.15, 0.2) is 60.7 Å². The van der Waals surface area contributed by atoms with Crippen molar-refractivity contribution >= 4 is 11.9 Å². The topological polar surface area (TPSA) is 107 Å². The third kappa shape index (κ3) is 50.7. The van der Waals surface area contributed by atoms with Gasteiger partial charge in [0.1, 0.15) is 0 Å². The summed E-state index contributed by atoms with van der Waals surface area (Å²) in [4.78, 5) is 21.0. The highest BCUT2D eigenvalue weighted by molar-refractivity contribution is 5.73. The quantitative estimate of drug-likeness (QED) is 0.151. The lowest BCUT2D eigenvalue weighted by Gasteiger charge is -2.41. The lowest BCUT2D eigenvalue weighted by molar-refractivity contribution is -0.137. The summed E-state index contributed by atoms with van der Waals surface area (Å²) in [6, 6.07) is 21.2. The fourth-order valence-electron chi connectivity index (χ4n) is 8.85. The number of aryl methyl sites for hydroxylation is 1. The molecule has 0 radical (unpaired) electrons. The van der Waals surface area contributed by atoms with Crippen molar-refractivity contribution in [2.45, 2.75) is 324 Å². The largest absolute Gasteiger partial charge is 0.481 e.